The first-order valence-electron chi connectivity index (χ1n) is 4.99. The van der Waals surface area contributed by atoms with Crippen LogP contribution in [0.2, 0.25) is 0 Å². The van der Waals surface area contributed by atoms with Gasteiger partial charge in [0.1, 0.15) is 11.4 Å². The molecule has 0 atom stereocenters. The molecule has 0 spiro atoms. The lowest BCUT2D eigenvalue weighted by molar-refractivity contribution is 0.0697. The molecule has 5 nitrogen and oxygen atoms in total. The summed E-state index contributed by atoms with van der Waals surface area (Å²) in [5.41, 5.74) is 5.66. The number of nitrogens with two attached hydrogens (primary N) is 1. The van der Waals surface area contributed by atoms with Gasteiger partial charge in [-0.05, 0) is 30.3 Å². The largest absolute Gasteiger partial charge is 0.478 e. The molecule has 0 bridgehead atoms. The number of nitrogens with zero attached hydrogens (tertiary/aromatic N) is 1. The molecule has 1 aromatic carbocycles. The van der Waals surface area contributed by atoms with Gasteiger partial charge in [0.25, 0.3) is 0 Å². The number of anilines is 1. The highest BCUT2D eigenvalue weighted by atomic mass is 79.9. The summed E-state index contributed by atoms with van der Waals surface area (Å²) in [5.74, 6) is -0.507. The molecule has 92 valence electrons. The first kappa shape index (κ1) is 12.4. The molecule has 0 aliphatic heterocycles. The lowest BCUT2D eigenvalue weighted by Crippen LogP contribution is -2.05. The Bertz CT molecular complexity index is 584. The summed E-state index contributed by atoms with van der Waals surface area (Å²) < 4.78 is 6.35. The van der Waals surface area contributed by atoms with E-state index in [2.05, 4.69) is 20.9 Å². The second kappa shape index (κ2) is 5.05. The van der Waals surface area contributed by atoms with Gasteiger partial charge >= 0.3 is 5.97 Å². The molecule has 18 heavy (non-hydrogen) atoms. The van der Waals surface area contributed by atoms with Crippen molar-refractivity contribution in [3.8, 4) is 11.6 Å². The van der Waals surface area contributed by atoms with Crippen LogP contribution in [0.1, 0.15) is 10.4 Å². The molecular weight excluding hydrogens is 300 g/mol. The smallest absolute Gasteiger partial charge is 0.338 e. The van der Waals surface area contributed by atoms with Crippen molar-refractivity contribution in [1.29, 1.82) is 0 Å². The summed E-state index contributed by atoms with van der Waals surface area (Å²) >= 11 is 3.30. The highest BCUT2D eigenvalue weighted by Crippen LogP contribution is 2.28. The fourth-order valence-corrected chi connectivity index (χ4v) is 1.60. The molecule has 6 heteroatoms. The van der Waals surface area contributed by atoms with Crippen LogP contribution in [0.5, 0.6) is 11.6 Å². The molecule has 0 unspecified atom stereocenters. The number of nitrogen functional groups attached to an aromatic ring is 1. The summed E-state index contributed by atoms with van der Waals surface area (Å²) in [4.78, 5) is 14.8. The van der Waals surface area contributed by atoms with E-state index < -0.39 is 5.97 Å². The van der Waals surface area contributed by atoms with E-state index in [-0.39, 0.29) is 17.1 Å². The van der Waals surface area contributed by atoms with Gasteiger partial charge in [-0.2, -0.15) is 0 Å². The number of pyridine rings is 1. The van der Waals surface area contributed by atoms with Crippen molar-refractivity contribution >= 4 is 27.6 Å². The monoisotopic (exact) mass is 308 g/mol. The van der Waals surface area contributed by atoms with E-state index in [9.17, 15) is 4.79 Å². The Kier molecular flexibility index (Phi) is 3.47. The highest BCUT2D eigenvalue weighted by molar-refractivity contribution is 9.10. The predicted octanol–water partition coefficient (Wildman–Crippen LogP) is 2.92. The zero-order valence-corrected chi connectivity index (χ0v) is 10.7. The van der Waals surface area contributed by atoms with Crippen LogP contribution < -0.4 is 10.5 Å². The Morgan fingerprint density at radius 3 is 2.56 bits per heavy atom. The minimum Gasteiger partial charge on any atom is -0.478 e. The van der Waals surface area contributed by atoms with E-state index >= 15 is 0 Å². The molecule has 0 aliphatic rings. The van der Waals surface area contributed by atoms with E-state index in [1.807, 2.05) is 0 Å². The third-order valence-electron chi connectivity index (χ3n) is 2.21. The number of hydrogen-bond acceptors (Lipinski definition) is 4. The van der Waals surface area contributed by atoms with Gasteiger partial charge in [-0.1, -0.05) is 15.9 Å². The number of benzene rings is 1. The summed E-state index contributed by atoms with van der Waals surface area (Å²) in [7, 11) is 0. The van der Waals surface area contributed by atoms with Crippen LogP contribution in [0, 0.1) is 0 Å². The molecule has 0 fully saturated rings. The molecule has 2 rings (SSSR count). The maximum Gasteiger partial charge on any atom is 0.338 e. The fourth-order valence-electron chi connectivity index (χ4n) is 1.34. The Morgan fingerprint density at radius 2 is 1.94 bits per heavy atom. The average molecular weight is 309 g/mol. The van der Waals surface area contributed by atoms with Crippen molar-refractivity contribution in [2.45, 2.75) is 0 Å². The number of aromatic carboxylic acids is 1. The number of rotatable bonds is 3. The van der Waals surface area contributed by atoms with Crippen LogP contribution in [0.3, 0.4) is 0 Å². The Balaban J connectivity index is 2.32. The van der Waals surface area contributed by atoms with Gasteiger partial charge in [0.15, 0.2) is 0 Å². The molecule has 0 aliphatic carbocycles. The molecule has 0 amide bonds. The normalized spacial score (nSPS) is 10.1. The lowest BCUT2D eigenvalue weighted by atomic mass is 10.2. The van der Waals surface area contributed by atoms with Gasteiger partial charge in [-0.3, -0.25) is 0 Å². The second-order valence-electron chi connectivity index (χ2n) is 3.44. The minimum atomic E-state index is -1.12. The Hall–Kier alpha value is -2.08. The van der Waals surface area contributed by atoms with Crippen LogP contribution >= 0.6 is 15.9 Å². The summed E-state index contributed by atoms with van der Waals surface area (Å²) in [6, 6.07) is 8.36. The number of carbonyl (C=O) groups is 1. The number of halogens is 1. The van der Waals surface area contributed by atoms with E-state index in [4.69, 9.17) is 15.6 Å². The average Bonchev–Trinajstić information content (AvgIpc) is 2.34. The van der Waals surface area contributed by atoms with Gasteiger partial charge in [0.05, 0.1) is 5.56 Å². The zero-order chi connectivity index (χ0) is 13.1. The van der Waals surface area contributed by atoms with Crippen LogP contribution in [0.25, 0.3) is 0 Å². The third kappa shape index (κ3) is 2.60. The maximum atomic E-state index is 10.9. The highest BCUT2D eigenvalue weighted by Gasteiger charge is 2.13. The molecule has 0 saturated carbocycles. The van der Waals surface area contributed by atoms with Crippen molar-refractivity contribution in [2.75, 3.05) is 5.73 Å². The molecule has 0 radical (unpaired) electrons. The Labute approximate surface area is 111 Å². The predicted molar refractivity (Wildman–Crippen MR) is 69.8 cm³/mol. The molecular formula is C12H9BrN2O3. The van der Waals surface area contributed by atoms with Crippen molar-refractivity contribution in [2.24, 2.45) is 0 Å². The second-order valence-corrected chi connectivity index (χ2v) is 4.35. The van der Waals surface area contributed by atoms with Crippen molar-refractivity contribution in [3.05, 3.63) is 46.6 Å². The molecule has 3 N–H and O–H groups in total. The van der Waals surface area contributed by atoms with Crippen molar-refractivity contribution in [3.63, 3.8) is 0 Å². The quantitative estimate of drug-likeness (QED) is 0.910. The number of hydrogen-bond donors (Lipinski definition) is 2. The van der Waals surface area contributed by atoms with Gasteiger partial charge in [-0.25, -0.2) is 9.78 Å². The number of ether oxygens (including phenoxy) is 1. The van der Waals surface area contributed by atoms with Crippen molar-refractivity contribution in [1.82, 2.24) is 4.98 Å². The van der Waals surface area contributed by atoms with Crippen LogP contribution in [0.4, 0.5) is 5.69 Å². The van der Waals surface area contributed by atoms with Gasteiger partial charge in [0.2, 0.25) is 5.88 Å². The van der Waals surface area contributed by atoms with E-state index in [0.29, 0.717) is 5.75 Å². The van der Waals surface area contributed by atoms with E-state index in [1.54, 1.807) is 24.3 Å². The maximum absolute atomic E-state index is 10.9. The minimum absolute atomic E-state index is 0.00733. The van der Waals surface area contributed by atoms with E-state index in [0.717, 1.165) is 4.47 Å². The lowest BCUT2D eigenvalue weighted by Gasteiger charge is -2.08. The first-order valence-corrected chi connectivity index (χ1v) is 5.78. The van der Waals surface area contributed by atoms with Gasteiger partial charge in [-0.15, -0.1) is 0 Å². The number of carboxylic acid groups (broad SMARTS) is 1. The summed E-state index contributed by atoms with van der Waals surface area (Å²) in [6.07, 6.45) is 1.34. The first-order chi connectivity index (χ1) is 8.58. The Morgan fingerprint density at radius 1 is 1.28 bits per heavy atom. The number of carboxylic acids is 1. The van der Waals surface area contributed by atoms with Gasteiger partial charge < -0.3 is 15.6 Å². The molecule has 0 saturated heterocycles. The third-order valence-corrected chi connectivity index (χ3v) is 2.74. The van der Waals surface area contributed by atoms with Crippen LogP contribution in [0.15, 0.2) is 41.0 Å². The summed E-state index contributed by atoms with van der Waals surface area (Å²) in [6.45, 7) is 0. The van der Waals surface area contributed by atoms with Crippen LogP contribution in [-0.4, -0.2) is 16.1 Å². The van der Waals surface area contributed by atoms with Crippen LogP contribution in [-0.2, 0) is 0 Å². The van der Waals surface area contributed by atoms with Gasteiger partial charge in [0, 0.05) is 10.7 Å². The topological polar surface area (TPSA) is 85.4 Å². The SMILES string of the molecule is Nc1c(C(=O)O)ccnc1Oc1ccc(Br)cc1. The molecule has 1 heterocycles. The van der Waals surface area contributed by atoms with Crippen molar-refractivity contribution < 1.29 is 14.6 Å². The van der Waals surface area contributed by atoms with E-state index in [1.165, 1.54) is 12.3 Å². The molecule has 1 aromatic heterocycles. The molecule has 2 aromatic rings. The number of aromatic nitrogens is 1. The standard InChI is InChI=1S/C12H9BrN2O3/c13-7-1-3-8(4-2-7)18-11-10(14)9(12(16)17)5-6-15-11/h1-6H,14H2,(H,16,17). The zero-order valence-electron chi connectivity index (χ0n) is 9.13. The fraction of sp³-hybridized carbons (Fsp3) is 0. The summed E-state index contributed by atoms with van der Waals surface area (Å²) in [5, 5.41) is 8.92.